The molecule has 0 bridgehead atoms. The third kappa shape index (κ3) is 4.49. The summed E-state index contributed by atoms with van der Waals surface area (Å²) in [5.41, 5.74) is -2.97. The van der Waals surface area contributed by atoms with Crippen LogP contribution in [0.4, 0.5) is 32.0 Å². The number of ether oxygens (including phenoxy) is 2. The molecule has 1 aromatic rings. The number of allylic oxidation sites excluding steroid dienone is 1. The number of hydrogen-bond donors (Lipinski definition) is 1. The van der Waals surface area contributed by atoms with Gasteiger partial charge in [-0.25, -0.2) is 0 Å². The van der Waals surface area contributed by atoms with Crippen molar-refractivity contribution in [2.75, 3.05) is 38.3 Å². The van der Waals surface area contributed by atoms with Gasteiger partial charge in [-0.15, -0.1) is 0 Å². The van der Waals surface area contributed by atoms with Crippen LogP contribution in [-0.4, -0.2) is 74.5 Å². The zero-order valence-electron chi connectivity index (χ0n) is 19.6. The summed E-state index contributed by atoms with van der Waals surface area (Å²) in [6.07, 6.45) is -9.83. The number of methoxy groups -OCH3 is 1. The number of Topliss-reactive ketones (excluding diaryl/α,β-unsaturated/α-hetero) is 1. The van der Waals surface area contributed by atoms with E-state index in [-0.39, 0.29) is 30.2 Å². The minimum absolute atomic E-state index is 0.0401. The van der Waals surface area contributed by atoms with Crippen molar-refractivity contribution >= 4 is 17.7 Å². The van der Waals surface area contributed by atoms with Crippen LogP contribution in [0.1, 0.15) is 29.3 Å². The van der Waals surface area contributed by atoms with Crippen molar-refractivity contribution in [2.45, 2.75) is 43.8 Å². The third-order valence-corrected chi connectivity index (χ3v) is 7.04. The van der Waals surface area contributed by atoms with Crippen molar-refractivity contribution < 1.29 is 45.7 Å². The lowest BCUT2D eigenvalue weighted by molar-refractivity contribution is -0.379. The maximum atomic E-state index is 13.3. The van der Waals surface area contributed by atoms with Crippen molar-refractivity contribution in [3.63, 3.8) is 0 Å². The highest BCUT2D eigenvalue weighted by atomic mass is 19.4. The normalized spacial score (nSPS) is 25.1. The molecule has 3 atom stereocenters. The molecule has 12 heteroatoms. The number of fused-ring (bicyclic) bond motifs is 1. The Kier molecular flexibility index (Phi) is 6.89. The van der Waals surface area contributed by atoms with Gasteiger partial charge in [-0.05, 0) is 43.0 Å². The number of nitrogens with zero attached hydrogens (tertiary/aromatic N) is 2. The number of carbonyl (C=O) groups excluding carboxylic acids is 1. The molecule has 0 spiro atoms. The van der Waals surface area contributed by atoms with E-state index in [4.69, 9.17) is 9.47 Å². The smallest absolute Gasteiger partial charge is 0.426 e. The third-order valence-electron chi connectivity index (χ3n) is 7.04. The van der Waals surface area contributed by atoms with Crippen LogP contribution in [0.2, 0.25) is 0 Å². The Balaban J connectivity index is 1.59. The molecule has 1 saturated heterocycles. The number of anilines is 1. The average molecular weight is 520 g/mol. The van der Waals surface area contributed by atoms with Gasteiger partial charge < -0.3 is 19.5 Å². The van der Waals surface area contributed by atoms with E-state index in [0.29, 0.717) is 31.1 Å². The molecule has 0 amide bonds. The Morgan fingerprint density at radius 1 is 1.19 bits per heavy atom. The SMILES string of the molecule is COc1cc2c(cc1N1CCOCC1C)CC(CC1=CC(C(O)(C(F)(F)F)C(F)(F)F)CN=C1)C2=O. The first-order valence-corrected chi connectivity index (χ1v) is 11.4. The van der Waals surface area contributed by atoms with Crippen LogP contribution < -0.4 is 9.64 Å². The van der Waals surface area contributed by atoms with E-state index < -0.39 is 36.3 Å². The quantitative estimate of drug-likeness (QED) is 0.591. The molecular formula is C24H26F6N2O4. The molecular weight excluding hydrogens is 494 g/mol. The van der Waals surface area contributed by atoms with Crippen LogP contribution in [0.3, 0.4) is 0 Å². The minimum Gasteiger partial charge on any atom is -0.495 e. The Morgan fingerprint density at radius 3 is 2.50 bits per heavy atom. The summed E-state index contributed by atoms with van der Waals surface area (Å²) in [7, 11) is 1.49. The van der Waals surface area contributed by atoms with E-state index in [1.54, 1.807) is 6.07 Å². The maximum absolute atomic E-state index is 13.3. The number of hydrogen-bond acceptors (Lipinski definition) is 6. The second kappa shape index (κ2) is 9.37. The monoisotopic (exact) mass is 520 g/mol. The van der Waals surface area contributed by atoms with Gasteiger partial charge in [0.15, 0.2) is 5.78 Å². The number of aliphatic hydroxyl groups is 1. The molecule has 0 saturated carbocycles. The first kappa shape index (κ1) is 26.5. The molecule has 6 nitrogen and oxygen atoms in total. The molecule has 3 aliphatic rings. The zero-order valence-corrected chi connectivity index (χ0v) is 19.6. The lowest BCUT2D eigenvalue weighted by Gasteiger charge is -2.38. The van der Waals surface area contributed by atoms with E-state index in [1.807, 2.05) is 13.0 Å². The van der Waals surface area contributed by atoms with Crippen LogP contribution in [0.5, 0.6) is 5.75 Å². The molecule has 3 unspecified atom stereocenters. The van der Waals surface area contributed by atoms with Gasteiger partial charge in [-0.1, -0.05) is 6.08 Å². The van der Waals surface area contributed by atoms with Crippen LogP contribution in [0, 0.1) is 11.8 Å². The average Bonchev–Trinajstić information content (AvgIpc) is 3.10. The van der Waals surface area contributed by atoms with E-state index in [9.17, 15) is 36.2 Å². The minimum atomic E-state index is -5.95. The summed E-state index contributed by atoms with van der Waals surface area (Å²) in [5, 5.41) is 9.75. The summed E-state index contributed by atoms with van der Waals surface area (Å²) >= 11 is 0. The van der Waals surface area contributed by atoms with E-state index >= 15 is 0 Å². The Hall–Kier alpha value is -2.60. The molecule has 36 heavy (non-hydrogen) atoms. The molecule has 2 aliphatic heterocycles. The van der Waals surface area contributed by atoms with Gasteiger partial charge in [-0.2, -0.15) is 26.3 Å². The highest BCUT2D eigenvalue weighted by Crippen LogP contribution is 2.49. The molecule has 198 valence electrons. The number of ketones is 1. The van der Waals surface area contributed by atoms with Crippen LogP contribution in [0.15, 0.2) is 28.8 Å². The molecule has 1 aliphatic carbocycles. The van der Waals surface area contributed by atoms with Gasteiger partial charge >= 0.3 is 12.4 Å². The molecule has 4 rings (SSSR count). The summed E-state index contributed by atoms with van der Waals surface area (Å²) in [6.45, 7) is 2.80. The second-order valence-corrected chi connectivity index (χ2v) is 9.37. The number of rotatable bonds is 5. The topological polar surface area (TPSA) is 71.4 Å². The van der Waals surface area contributed by atoms with Crippen molar-refractivity contribution in [3.05, 3.63) is 34.9 Å². The van der Waals surface area contributed by atoms with Crippen molar-refractivity contribution in [2.24, 2.45) is 16.8 Å². The molecule has 1 aromatic carbocycles. The number of alkyl halides is 6. The first-order valence-electron chi connectivity index (χ1n) is 11.4. The van der Waals surface area contributed by atoms with Crippen molar-refractivity contribution in [3.8, 4) is 5.75 Å². The van der Waals surface area contributed by atoms with Gasteiger partial charge in [0.1, 0.15) is 5.75 Å². The highest BCUT2D eigenvalue weighted by Gasteiger charge is 2.73. The lowest BCUT2D eigenvalue weighted by atomic mass is 9.82. The molecule has 1 N–H and O–H groups in total. The largest absolute Gasteiger partial charge is 0.495 e. The van der Waals surface area contributed by atoms with Gasteiger partial charge in [0, 0.05) is 42.7 Å². The predicted molar refractivity (Wildman–Crippen MR) is 119 cm³/mol. The number of dihydropyridines is 1. The fourth-order valence-electron chi connectivity index (χ4n) is 5.10. The summed E-state index contributed by atoms with van der Waals surface area (Å²) < 4.78 is 90.9. The highest BCUT2D eigenvalue weighted by molar-refractivity contribution is 6.04. The van der Waals surface area contributed by atoms with Gasteiger partial charge in [0.2, 0.25) is 0 Å². The van der Waals surface area contributed by atoms with E-state index in [2.05, 4.69) is 9.89 Å². The Bertz CT molecular complexity index is 1070. The fourth-order valence-corrected chi connectivity index (χ4v) is 5.10. The number of morpholine rings is 1. The summed E-state index contributed by atoms with van der Waals surface area (Å²) in [5.74, 6) is -2.83. The Labute approximate surface area is 203 Å². The van der Waals surface area contributed by atoms with Gasteiger partial charge in [-0.3, -0.25) is 9.79 Å². The van der Waals surface area contributed by atoms with Crippen LogP contribution in [-0.2, 0) is 11.2 Å². The molecule has 2 heterocycles. The Morgan fingerprint density at radius 2 is 1.89 bits per heavy atom. The van der Waals surface area contributed by atoms with Crippen LogP contribution in [0.25, 0.3) is 0 Å². The number of halogens is 6. The predicted octanol–water partition coefficient (Wildman–Crippen LogP) is 4.15. The van der Waals surface area contributed by atoms with Crippen molar-refractivity contribution in [1.82, 2.24) is 0 Å². The van der Waals surface area contributed by atoms with E-state index in [1.165, 1.54) is 13.3 Å². The number of benzene rings is 1. The van der Waals surface area contributed by atoms with E-state index in [0.717, 1.165) is 17.3 Å². The first-order chi connectivity index (χ1) is 16.8. The molecule has 0 aromatic heterocycles. The second-order valence-electron chi connectivity index (χ2n) is 9.37. The number of carbonyl (C=O) groups is 1. The fraction of sp³-hybridized carbons (Fsp3) is 0.583. The zero-order chi connectivity index (χ0) is 26.5. The lowest BCUT2D eigenvalue weighted by Crippen LogP contribution is -2.62. The number of aliphatic imine (C=N–C) groups is 1. The standard InChI is InChI=1S/C24H26F6N2O4/c1-13-12-36-4-3-32(13)19-8-15-7-16(21(33)18(15)9-20(19)35-2)5-14-6-17(11-31-10-14)22(34,23(25,26)27)24(28,29)30/h6,8-10,13,16-17,34H,3-5,7,11-12H2,1-2H3. The molecule has 0 radical (unpaired) electrons. The summed E-state index contributed by atoms with van der Waals surface area (Å²) in [6, 6.07) is 3.56. The maximum Gasteiger partial charge on any atom is 0.426 e. The van der Waals surface area contributed by atoms with Gasteiger partial charge in [0.25, 0.3) is 5.60 Å². The summed E-state index contributed by atoms with van der Waals surface area (Å²) in [4.78, 5) is 18.9. The van der Waals surface area contributed by atoms with Crippen LogP contribution >= 0.6 is 0 Å². The van der Waals surface area contributed by atoms with Gasteiger partial charge in [0.05, 0.1) is 26.0 Å². The van der Waals surface area contributed by atoms with Crippen molar-refractivity contribution in [1.29, 1.82) is 0 Å². The molecule has 1 fully saturated rings.